The molecular weight excluding hydrogens is 264 g/mol. The highest BCUT2D eigenvalue weighted by Crippen LogP contribution is 2.17. The first-order valence-corrected chi connectivity index (χ1v) is 7.57. The summed E-state index contributed by atoms with van der Waals surface area (Å²) in [5.41, 5.74) is 8.41. The Labute approximate surface area is 124 Å². The van der Waals surface area contributed by atoms with Crippen molar-refractivity contribution in [1.82, 2.24) is 14.3 Å². The van der Waals surface area contributed by atoms with Crippen LogP contribution in [-0.2, 0) is 6.54 Å². The molecule has 0 saturated carbocycles. The minimum atomic E-state index is -0.00826. The molecule has 1 unspecified atom stereocenters. The minimum Gasteiger partial charge on any atom is -0.330 e. The Morgan fingerprint density at radius 2 is 2.33 bits per heavy atom. The van der Waals surface area contributed by atoms with Crippen molar-refractivity contribution >= 4 is 5.65 Å². The van der Waals surface area contributed by atoms with Gasteiger partial charge in [0.1, 0.15) is 5.65 Å². The summed E-state index contributed by atoms with van der Waals surface area (Å²) in [5.74, 6) is 0.571. The van der Waals surface area contributed by atoms with Gasteiger partial charge in [-0.1, -0.05) is 6.07 Å². The van der Waals surface area contributed by atoms with Gasteiger partial charge in [-0.3, -0.25) is 14.1 Å². The Balaban J connectivity index is 1.87. The number of pyridine rings is 1. The number of nitrogens with zero attached hydrogens (tertiary/aromatic N) is 3. The smallest absolute Gasteiger partial charge is 0.258 e. The molecule has 5 heteroatoms. The zero-order chi connectivity index (χ0) is 14.8. The first-order valence-electron chi connectivity index (χ1n) is 7.57. The van der Waals surface area contributed by atoms with Crippen molar-refractivity contribution < 1.29 is 0 Å². The maximum atomic E-state index is 12.2. The van der Waals surface area contributed by atoms with Crippen molar-refractivity contribution in [3.63, 3.8) is 0 Å². The van der Waals surface area contributed by atoms with Crippen LogP contribution in [0.25, 0.3) is 5.65 Å². The molecule has 1 atom stereocenters. The molecule has 0 bridgehead atoms. The topological polar surface area (TPSA) is 63.6 Å². The molecule has 3 heterocycles. The molecule has 0 amide bonds. The van der Waals surface area contributed by atoms with Crippen LogP contribution in [0.3, 0.4) is 0 Å². The largest absolute Gasteiger partial charge is 0.330 e. The van der Waals surface area contributed by atoms with Gasteiger partial charge in [0.25, 0.3) is 5.56 Å². The second kappa shape index (κ2) is 5.95. The van der Waals surface area contributed by atoms with Crippen LogP contribution in [0.4, 0.5) is 0 Å². The molecule has 2 aromatic rings. The van der Waals surface area contributed by atoms with Crippen molar-refractivity contribution in [1.29, 1.82) is 0 Å². The van der Waals surface area contributed by atoms with Crippen molar-refractivity contribution in [3.05, 3.63) is 46.0 Å². The average molecular weight is 286 g/mol. The van der Waals surface area contributed by atoms with E-state index in [1.165, 1.54) is 12.8 Å². The summed E-state index contributed by atoms with van der Waals surface area (Å²) >= 11 is 0. The normalized spacial score (nSPS) is 20.0. The minimum absolute atomic E-state index is 0.00826. The van der Waals surface area contributed by atoms with E-state index in [1.807, 2.05) is 19.1 Å². The van der Waals surface area contributed by atoms with Gasteiger partial charge in [0.2, 0.25) is 0 Å². The van der Waals surface area contributed by atoms with Gasteiger partial charge in [0.05, 0.1) is 5.69 Å². The molecule has 0 radical (unpaired) electrons. The molecule has 1 fully saturated rings. The third-order valence-electron chi connectivity index (χ3n) is 4.26. The molecule has 5 nitrogen and oxygen atoms in total. The van der Waals surface area contributed by atoms with E-state index in [1.54, 1.807) is 16.7 Å². The predicted octanol–water partition coefficient (Wildman–Crippen LogP) is 1.17. The molecule has 21 heavy (non-hydrogen) atoms. The Morgan fingerprint density at radius 1 is 1.48 bits per heavy atom. The third-order valence-corrected chi connectivity index (χ3v) is 4.26. The number of aromatic nitrogens is 2. The Hall–Kier alpha value is -1.72. The molecule has 1 saturated heterocycles. The van der Waals surface area contributed by atoms with E-state index in [-0.39, 0.29) is 5.56 Å². The van der Waals surface area contributed by atoms with Gasteiger partial charge >= 0.3 is 0 Å². The third kappa shape index (κ3) is 2.99. The molecule has 2 N–H and O–H groups in total. The summed E-state index contributed by atoms with van der Waals surface area (Å²) in [5, 5.41) is 0. The van der Waals surface area contributed by atoms with Crippen LogP contribution >= 0.6 is 0 Å². The highest BCUT2D eigenvalue weighted by atomic mass is 16.1. The van der Waals surface area contributed by atoms with Crippen molar-refractivity contribution in [2.75, 3.05) is 19.6 Å². The van der Waals surface area contributed by atoms with Crippen molar-refractivity contribution in [3.8, 4) is 0 Å². The number of piperidine rings is 1. The van der Waals surface area contributed by atoms with Crippen LogP contribution in [0.15, 0.2) is 29.2 Å². The van der Waals surface area contributed by atoms with Crippen LogP contribution in [0.1, 0.15) is 24.1 Å². The lowest BCUT2D eigenvalue weighted by molar-refractivity contribution is 0.169. The van der Waals surface area contributed by atoms with E-state index in [0.717, 1.165) is 43.1 Å². The van der Waals surface area contributed by atoms with Crippen LogP contribution in [0, 0.1) is 12.8 Å². The first kappa shape index (κ1) is 14.2. The van der Waals surface area contributed by atoms with Gasteiger partial charge < -0.3 is 5.73 Å². The maximum absolute atomic E-state index is 12.2. The summed E-state index contributed by atoms with van der Waals surface area (Å²) in [6.45, 7) is 5.52. The fourth-order valence-electron chi connectivity index (χ4n) is 3.11. The Bertz CT molecular complexity index is 694. The summed E-state index contributed by atoms with van der Waals surface area (Å²) in [7, 11) is 0. The highest BCUT2D eigenvalue weighted by Gasteiger charge is 2.19. The molecule has 1 aliphatic rings. The summed E-state index contributed by atoms with van der Waals surface area (Å²) < 4.78 is 1.61. The molecule has 0 aliphatic carbocycles. The fraction of sp³-hybridized carbons (Fsp3) is 0.500. The average Bonchev–Trinajstić information content (AvgIpc) is 2.49. The molecule has 112 valence electrons. The van der Waals surface area contributed by atoms with E-state index in [2.05, 4.69) is 9.88 Å². The second-order valence-corrected chi connectivity index (χ2v) is 5.95. The van der Waals surface area contributed by atoms with E-state index in [0.29, 0.717) is 5.92 Å². The number of hydrogen-bond donors (Lipinski definition) is 1. The van der Waals surface area contributed by atoms with E-state index < -0.39 is 0 Å². The molecule has 1 aliphatic heterocycles. The van der Waals surface area contributed by atoms with Gasteiger partial charge in [-0.2, -0.15) is 0 Å². The standard InChI is InChI=1S/C16H22N4O/c1-12-4-2-7-20-15(21)8-14(18-16(12)20)11-19-6-3-5-13(9-17)10-19/h2,4,7-8,13H,3,5-6,9-11,17H2,1H3. The maximum Gasteiger partial charge on any atom is 0.258 e. The van der Waals surface area contributed by atoms with Gasteiger partial charge in [0, 0.05) is 25.4 Å². The lowest BCUT2D eigenvalue weighted by atomic mass is 9.98. The highest BCUT2D eigenvalue weighted by molar-refractivity contribution is 5.46. The molecule has 0 aromatic carbocycles. The zero-order valence-electron chi connectivity index (χ0n) is 12.5. The van der Waals surface area contributed by atoms with E-state index >= 15 is 0 Å². The van der Waals surface area contributed by atoms with E-state index in [4.69, 9.17) is 5.73 Å². The van der Waals surface area contributed by atoms with Crippen LogP contribution < -0.4 is 11.3 Å². The quantitative estimate of drug-likeness (QED) is 0.920. The lowest BCUT2D eigenvalue weighted by Crippen LogP contribution is -2.38. The van der Waals surface area contributed by atoms with E-state index in [9.17, 15) is 4.79 Å². The number of rotatable bonds is 3. The first-order chi connectivity index (χ1) is 10.2. The number of fused-ring (bicyclic) bond motifs is 1. The van der Waals surface area contributed by atoms with Gasteiger partial charge in [0.15, 0.2) is 0 Å². The monoisotopic (exact) mass is 286 g/mol. The van der Waals surface area contributed by atoms with Gasteiger partial charge in [-0.05, 0) is 50.4 Å². The van der Waals surface area contributed by atoms with Crippen LogP contribution in [0.5, 0.6) is 0 Å². The summed E-state index contributed by atoms with van der Waals surface area (Å²) in [4.78, 5) is 19.2. The van der Waals surface area contributed by atoms with Crippen molar-refractivity contribution in [2.24, 2.45) is 11.7 Å². The lowest BCUT2D eigenvalue weighted by Gasteiger charge is -2.31. The second-order valence-electron chi connectivity index (χ2n) is 5.95. The van der Waals surface area contributed by atoms with Gasteiger partial charge in [-0.15, -0.1) is 0 Å². The number of nitrogens with two attached hydrogens (primary N) is 1. The van der Waals surface area contributed by atoms with Crippen molar-refractivity contribution in [2.45, 2.75) is 26.3 Å². The molecule has 0 spiro atoms. The van der Waals surface area contributed by atoms with Crippen LogP contribution in [-0.4, -0.2) is 33.9 Å². The fourth-order valence-corrected chi connectivity index (χ4v) is 3.11. The summed E-state index contributed by atoms with van der Waals surface area (Å²) in [6.07, 6.45) is 4.15. The molecule has 3 rings (SSSR count). The Kier molecular flexibility index (Phi) is 4.03. The predicted molar refractivity (Wildman–Crippen MR) is 83.3 cm³/mol. The van der Waals surface area contributed by atoms with Crippen LogP contribution in [0.2, 0.25) is 0 Å². The number of aryl methyl sites for hydroxylation is 1. The Morgan fingerprint density at radius 3 is 3.14 bits per heavy atom. The van der Waals surface area contributed by atoms with Gasteiger partial charge in [-0.25, -0.2) is 4.98 Å². The summed E-state index contributed by atoms with van der Waals surface area (Å²) in [6, 6.07) is 5.51. The molecular formula is C16H22N4O. The zero-order valence-corrected chi connectivity index (χ0v) is 12.5. The molecule has 2 aromatic heterocycles. The number of hydrogen-bond acceptors (Lipinski definition) is 4. The SMILES string of the molecule is Cc1cccn2c(=O)cc(CN3CCCC(CN)C3)nc12. The number of likely N-dealkylation sites (tertiary alicyclic amines) is 1.